The standard InChI is InChI=1S/C21H16N6O2/c1-28-15-11-17-21(23-12-15)18(9-10-22-17)29-13-20-25-24-19-8-7-16(26-27(19)20)14-5-3-2-4-6-14/h2-12H,13H2,1H3. The topological polar surface area (TPSA) is 87.3 Å². The molecule has 0 unspecified atom stereocenters. The number of nitrogens with zero attached hydrogens (tertiary/aromatic N) is 6. The van der Waals surface area contributed by atoms with Crippen molar-refractivity contribution in [1.29, 1.82) is 0 Å². The van der Waals surface area contributed by atoms with E-state index < -0.39 is 0 Å². The summed E-state index contributed by atoms with van der Waals surface area (Å²) in [5, 5.41) is 13.1. The van der Waals surface area contributed by atoms with Crippen molar-refractivity contribution in [2.24, 2.45) is 0 Å². The van der Waals surface area contributed by atoms with Crippen molar-refractivity contribution in [3.63, 3.8) is 0 Å². The Morgan fingerprint density at radius 1 is 0.966 bits per heavy atom. The minimum atomic E-state index is 0.194. The van der Waals surface area contributed by atoms with Gasteiger partial charge in [0.15, 0.2) is 11.5 Å². The molecule has 8 heteroatoms. The predicted octanol–water partition coefficient (Wildman–Crippen LogP) is 3.32. The molecule has 4 heterocycles. The lowest BCUT2D eigenvalue weighted by Crippen LogP contribution is -2.05. The summed E-state index contributed by atoms with van der Waals surface area (Å²) < 4.78 is 12.9. The first-order chi connectivity index (χ1) is 14.3. The molecule has 0 fully saturated rings. The summed E-state index contributed by atoms with van der Waals surface area (Å²) in [6, 6.07) is 17.4. The van der Waals surface area contributed by atoms with Crippen LogP contribution in [0.4, 0.5) is 0 Å². The molecule has 0 aliphatic rings. The van der Waals surface area contributed by atoms with Crippen LogP contribution in [0.3, 0.4) is 0 Å². The predicted molar refractivity (Wildman–Crippen MR) is 107 cm³/mol. The van der Waals surface area contributed by atoms with Crippen molar-refractivity contribution < 1.29 is 9.47 Å². The molecule has 0 aliphatic heterocycles. The fourth-order valence-electron chi connectivity index (χ4n) is 3.04. The van der Waals surface area contributed by atoms with Crippen LogP contribution in [0.25, 0.3) is 27.9 Å². The van der Waals surface area contributed by atoms with Crippen molar-refractivity contribution in [3.05, 3.63) is 72.8 Å². The van der Waals surface area contributed by atoms with Crippen LogP contribution in [-0.4, -0.2) is 36.9 Å². The van der Waals surface area contributed by atoms with Crippen molar-refractivity contribution >= 4 is 16.7 Å². The quantitative estimate of drug-likeness (QED) is 0.459. The Hall–Kier alpha value is -4.07. The van der Waals surface area contributed by atoms with Crippen molar-refractivity contribution in [3.8, 4) is 22.8 Å². The van der Waals surface area contributed by atoms with Gasteiger partial charge in [0.05, 0.1) is 24.5 Å². The molecular weight excluding hydrogens is 368 g/mol. The first-order valence-corrected chi connectivity index (χ1v) is 9.00. The third-order valence-electron chi connectivity index (χ3n) is 4.50. The molecule has 0 saturated heterocycles. The maximum absolute atomic E-state index is 5.98. The van der Waals surface area contributed by atoms with Gasteiger partial charge in [-0.05, 0) is 12.1 Å². The highest BCUT2D eigenvalue weighted by Crippen LogP contribution is 2.25. The van der Waals surface area contributed by atoms with E-state index in [-0.39, 0.29) is 6.61 Å². The first kappa shape index (κ1) is 17.1. The summed E-state index contributed by atoms with van der Waals surface area (Å²) in [6.45, 7) is 0.194. The van der Waals surface area contributed by atoms with Gasteiger partial charge in [-0.1, -0.05) is 30.3 Å². The van der Waals surface area contributed by atoms with Gasteiger partial charge in [0, 0.05) is 23.9 Å². The van der Waals surface area contributed by atoms with E-state index in [1.807, 2.05) is 48.5 Å². The summed E-state index contributed by atoms with van der Waals surface area (Å²) in [7, 11) is 1.59. The van der Waals surface area contributed by atoms with E-state index in [1.165, 1.54) is 0 Å². The summed E-state index contributed by atoms with van der Waals surface area (Å²) in [4.78, 5) is 8.72. The van der Waals surface area contributed by atoms with Crippen LogP contribution in [0.2, 0.25) is 0 Å². The molecule has 29 heavy (non-hydrogen) atoms. The molecule has 1 aromatic carbocycles. The lowest BCUT2D eigenvalue weighted by atomic mass is 10.1. The van der Waals surface area contributed by atoms with Crippen LogP contribution in [0, 0.1) is 0 Å². The van der Waals surface area contributed by atoms with Gasteiger partial charge in [0.1, 0.15) is 23.6 Å². The molecule has 142 valence electrons. The van der Waals surface area contributed by atoms with Crippen LogP contribution >= 0.6 is 0 Å². The van der Waals surface area contributed by atoms with Gasteiger partial charge in [-0.2, -0.15) is 9.61 Å². The zero-order chi connectivity index (χ0) is 19.6. The van der Waals surface area contributed by atoms with Gasteiger partial charge in [-0.25, -0.2) is 4.98 Å². The first-order valence-electron chi connectivity index (χ1n) is 9.00. The fourth-order valence-corrected chi connectivity index (χ4v) is 3.04. The zero-order valence-electron chi connectivity index (χ0n) is 15.6. The zero-order valence-corrected chi connectivity index (χ0v) is 15.6. The van der Waals surface area contributed by atoms with Gasteiger partial charge in [0.25, 0.3) is 0 Å². The number of ether oxygens (including phenoxy) is 2. The highest BCUT2D eigenvalue weighted by molar-refractivity contribution is 5.81. The van der Waals surface area contributed by atoms with E-state index in [2.05, 4.69) is 25.3 Å². The molecule has 0 bridgehead atoms. The number of aromatic nitrogens is 6. The van der Waals surface area contributed by atoms with E-state index in [9.17, 15) is 0 Å². The average molecular weight is 384 g/mol. The normalized spacial score (nSPS) is 11.1. The molecule has 8 nitrogen and oxygen atoms in total. The molecule has 4 aromatic heterocycles. The maximum atomic E-state index is 5.98. The monoisotopic (exact) mass is 384 g/mol. The second kappa shape index (κ2) is 7.16. The maximum Gasteiger partial charge on any atom is 0.192 e. The molecule has 0 saturated carbocycles. The highest BCUT2D eigenvalue weighted by atomic mass is 16.5. The molecule has 5 rings (SSSR count). The van der Waals surface area contributed by atoms with Gasteiger partial charge < -0.3 is 9.47 Å². The van der Waals surface area contributed by atoms with Crippen LogP contribution in [0.5, 0.6) is 11.5 Å². The Balaban J connectivity index is 1.46. The van der Waals surface area contributed by atoms with E-state index in [0.717, 1.165) is 11.3 Å². The van der Waals surface area contributed by atoms with Gasteiger partial charge >= 0.3 is 0 Å². The molecule has 0 N–H and O–H groups in total. The summed E-state index contributed by atoms with van der Waals surface area (Å²) >= 11 is 0. The smallest absolute Gasteiger partial charge is 0.192 e. The largest absolute Gasteiger partial charge is 0.495 e. The summed E-state index contributed by atoms with van der Waals surface area (Å²) in [6.07, 6.45) is 3.31. The van der Waals surface area contributed by atoms with Crippen molar-refractivity contribution in [2.45, 2.75) is 6.61 Å². The third kappa shape index (κ3) is 3.20. The molecule has 0 spiro atoms. The minimum absolute atomic E-state index is 0.194. The van der Waals surface area contributed by atoms with E-state index in [0.29, 0.717) is 34.0 Å². The molecule has 0 aliphatic carbocycles. The lowest BCUT2D eigenvalue weighted by Gasteiger charge is -2.08. The molecular formula is C21H16N6O2. The SMILES string of the molecule is COc1cnc2c(OCc3nnc4ccc(-c5ccccc5)nn34)ccnc2c1. The Labute approximate surface area is 165 Å². The second-order valence-electron chi connectivity index (χ2n) is 6.31. The number of hydrogen-bond donors (Lipinski definition) is 0. The van der Waals surface area contributed by atoms with E-state index >= 15 is 0 Å². The van der Waals surface area contributed by atoms with Gasteiger partial charge in [-0.3, -0.25) is 4.98 Å². The summed E-state index contributed by atoms with van der Waals surface area (Å²) in [5.74, 6) is 1.84. The van der Waals surface area contributed by atoms with Crippen LogP contribution in [0.1, 0.15) is 5.82 Å². The van der Waals surface area contributed by atoms with Crippen LogP contribution in [0.15, 0.2) is 67.0 Å². The molecule has 0 amide bonds. The molecule has 5 aromatic rings. The van der Waals surface area contributed by atoms with Crippen molar-refractivity contribution in [2.75, 3.05) is 7.11 Å². The Bertz CT molecular complexity index is 1300. The molecule has 0 atom stereocenters. The van der Waals surface area contributed by atoms with Gasteiger partial charge in [0.2, 0.25) is 0 Å². The number of rotatable bonds is 5. The number of pyridine rings is 2. The third-order valence-corrected chi connectivity index (χ3v) is 4.50. The second-order valence-corrected chi connectivity index (χ2v) is 6.31. The Morgan fingerprint density at radius 3 is 2.72 bits per heavy atom. The van der Waals surface area contributed by atoms with Crippen molar-refractivity contribution in [1.82, 2.24) is 29.8 Å². The highest BCUT2D eigenvalue weighted by Gasteiger charge is 2.12. The Kier molecular flexibility index (Phi) is 4.21. The van der Waals surface area contributed by atoms with E-state index in [1.54, 1.807) is 30.1 Å². The lowest BCUT2D eigenvalue weighted by molar-refractivity contribution is 0.295. The summed E-state index contributed by atoms with van der Waals surface area (Å²) in [5.41, 5.74) is 3.86. The van der Waals surface area contributed by atoms with Crippen LogP contribution < -0.4 is 9.47 Å². The number of hydrogen-bond acceptors (Lipinski definition) is 7. The average Bonchev–Trinajstić information content (AvgIpc) is 3.20. The van der Waals surface area contributed by atoms with E-state index in [4.69, 9.17) is 9.47 Å². The van der Waals surface area contributed by atoms with Crippen LogP contribution in [-0.2, 0) is 6.61 Å². The number of benzene rings is 1. The number of methoxy groups -OCH3 is 1. The Morgan fingerprint density at radius 2 is 1.86 bits per heavy atom. The number of fused-ring (bicyclic) bond motifs is 2. The minimum Gasteiger partial charge on any atom is -0.495 e. The molecule has 0 radical (unpaired) electrons. The van der Waals surface area contributed by atoms with Gasteiger partial charge in [-0.15, -0.1) is 10.2 Å². The fraction of sp³-hybridized carbons (Fsp3) is 0.0952.